The Labute approximate surface area is 113 Å². The summed E-state index contributed by atoms with van der Waals surface area (Å²) in [5.41, 5.74) is 0.0480. The molecule has 0 saturated heterocycles. The third-order valence-electron chi connectivity index (χ3n) is 2.73. The molecule has 0 aliphatic rings. The summed E-state index contributed by atoms with van der Waals surface area (Å²) in [6.07, 6.45) is 0. The number of aromatic hydroxyl groups is 2. The third-order valence-corrected chi connectivity index (χ3v) is 2.73. The van der Waals surface area contributed by atoms with Crippen LogP contribution in [0.3, 0.4) is 0 Å². The number of anilines is 1. The number of phenolic OH excluding ortho intramolecular Hbond substituents is 2. The van der Waals surface area contributed by atoms with Crippen LogP contribution in [-0.4, -0.2) is 15.1 Å². The average molecular weight is 278 g/mol. The third kappa shape index (κ3) is 2.77. The quantitative estimate of drug-likeness (QED) is 0.454. The molecule has 20 heavy (non-hydrogen) atoms. The molecule has 2 aromatic rings. The first kappa shape index (κ1) is 13.6. The van der Waals surface area contributed by atoms with Crippen molar-refractivity contribution < 1.29 is 19.5 Å². The van der Waals surface area contributed by atoms with E-state index in [0.29, 0.717) is 5.56 Å². The number of nitrogens with one attached hydrogen (secondary N) is 1. The number of phenols is 2. The van der Waals surface area contributed by atoms with Gasteiger partial charge in [0.25, 0.3) is 5.69 Å². The molecule has 0 unspecified atom stereocenters. The molecule has 0 bridgehead atoms. The van der Waals surface area contributed by atoms with E-state index >= 15 is 0 Å². The Balaban J connectivity index is 2.20. The summed E-state index contributed by atoms with van der Waals surface area (Å²) in [6.45, 7) is 0.0122. The Bertz CT molecular complexity index is 661. The van der Waals surface area contributed by atoms with Gasteiger partial charge in [-0.2, -0.15) is 0 Å². The van der Waals surface area contributed by atoms with Crippen LogP contribution in [0.25, 0.3) is 0 Å². The molecular weight excluding hydrogens is 267 g/mol. The van der Waals surface area contributed by atoms with Gasteiger partial charge in [0.2, 0.25) is 0 Å². The highest BCUT2D eigenvalue weighted by molar-refractivity contribution is 5.54. The first-order valence-electron chi connectivity index (χ1n) is 5.66. The molecule has 6 nitrogen and oxygen atoms in total. The molecule has 7 heteroatoms. The van der Waals surface area contributed by atoms with E-state index in [-0.39, 0.29) is 29.4 Å². The monoisotopic (exact) mass is 278 g/mol. The zero-order chi connectivity index (χ0) is 14.7. The minimum absolute atomic E-state index is 0.0122. The fourth-order valence-electron chi connectivity index (χ4n) is 1.67. The Kier molecular flexibility index (Phi) is 3.69. The Morgan fingerprint density at radius 2 is 2.00 bits per heavy atom. The molecule has 3 N–H and O–H groups in total. The molecule has 2 rings (SSSR count). The van der Waals surface area contributed by atoms with Crippen LogP contribution in [0, 0.1) is 15.9 Å². The zero-order valence-corrected chi connectivity index (χ0v) is 10.2. The standard InChI is InChI=1S/C13H11FN2O4/c14-10-5-4-9(16(19)20)6-11(10)15-7-8-2-1-3-12(17)13(8)18/h1-6,15,17-18H,7H2. The summed E-state index contributed by atoms with van der Waals surface area (Å²) in [5.74, 6) is -1.25. The van der Waals surface area contributed by atoms with Crippen molar-refractivity contribution in [2.75, 3.05) is 5.32 Å². The zero-order valence-electron chi connectivity index (χ0n) is 10.2. The minimum Gasteiger partial charge on any atom is -0.504 e. The molecule has 0 aliphatic carbocycles. The molecule has 0 spiro atoms. The lowest BCUT2D eigenvalue weighted by molar-refractivity contribution is -0.384. The number of para-hydroxylation sites is 1. The molecule has 0 saturated carbocycles. The maximum absolute atomic E-state index is 13.5. The van der Waals surface area contributed by atoms with Crippen LogP contribution in [-0.2, 0) is 6.54 Å². The Morgan fingerprint density at radius 3 is 2.70 bits per heavy atom. The van der Waals surface area contributed by atoms with Crippen molar-refractivity contribution in [3.05, 3.63) is 57.9 Å². The van der Waals surface area contributed by atoms with E-state index in [4.69, 9.17) is 0 Å². The summed E-state index contributed by atoms with van der Waals surface area (Å²) >= 11 is 0. The van der Waals surface area contributed by atoms with Crippen molar-refractivity contribution >= 4 is 11.4 Å². The smallest absolute Gasteiger partial charge is 0.271 e. The van der Waals surface area contributed by atoms with Gasteiger partial charge in [-0.3, -0.25) is 10.1 Å². The number of hydrogen-bond acceptors (Lipinski definition) is 5. The van der Waals surface area contributed by atoms with E-state index in [0.717, 1.165) is 18.2 Å². The van der Waals surface area contributed by atoms with Gasteiger partial charge in [-0.05, 0) is 12.1 Å². The molecule has 0 aromatic heterocycles. The van der Waals surface area contributed by atoms with Crippen molar-refractivity contribution in [1.29, 1.82) is 0 Å². The number of nitrogens with zero attached hydrogens (tertiary/aromatic N) is 1. The van der Waals surface area contributed by atoms with E-state index in [1.165, 1.54) is 18.2 Å². The SMILES string of the molecule is O=[N+]([O-])c1ccc(F)c(NCc2cccc(O)c2O)c1. The molecule has 0 aliphatic heterocycles. The second-order valence-electron chi connectivity index (χ2n) is 4.06. The van der Waals surface area contributed by atoms with E-state index in [9.17, 15) is 24.7 Å². The van der Waals surface area contributed by atoms with Gasteiger partial charge >= 0.3 is 0 Å². The van der Waals surface area contributed by atoms with Gasteiger partial charge in [0.15, 0.2) is 11.5 Å². The lowest BCUT2D eigenvalue weighted by Crippen LogP contribution is -2.02. The van der Waals surface area contributed by atoms with Gasteiger partial charge in [-0.1, -0.05) is 12.1 Å². The van der Waals surface area contributed by atoms with Crippen LogP contribution in [0.5, 0.6) is 11.5 Å². The topological polar surface area (TPSA) is 95.6 Å². The summed E-state index contributed by atoms with van der Waals surface area (Å²) < 4.78 is 13.5. The van der Waals surface area contributed by atoms with E-state index in [1.54, 1.807) is 0 Å². The summed E-state index contributed by atoms with van der Waals surface area (Å²) in [5, 5.41) is 32.2. The summed E-state index contributed by atoms with van der Waals surface area (Å²) in [4.78, 5) is 9.99. The fraction of sp³-hybridized carbons (Fsp3) is 0.0769. The molecule has 104 valence electrons. The number of hydrogen-bond donors (Lipinski definition) is 3. The number of nitro groups is 1. The van der Waals surface area contributed by atoms with Crippen LogP contribution in [0.1, 0.15) is 5.56 Å². The molecule has 0 radical (unpaired) electrons. The molecule has 0 fully saturated rings. The lowest BCUT2D eigenvalue weighted by Gasteiger charge is -2.09. The van der Waals surface area contributed by atoms with E-state index in [2.05, 4.69) is 5.32 Å². The Morgan fingerprint density at radius 1 is 1.25 bits per heavy atom. The molecule has 0 heterocycles. The van der Waals surface area contributed by atoms with Crippen LogP contribution >= 0.6 is 0 Å². The van der Waals surface area contributed by atoms with E-state index in [1.807, 2.05) is 0 Å². The summed E-state index contributed by atoms with van der Waals surface area (Å²) in [6, 6.07) is 7.49. The average Bonchev–Trinajstić information content (AvgIpc) is 2.41. The first-order chi connectivity index (χ1) is 9.49. The van der Waals surface area contributed by atoms with Gasteiger partial charge in [-0.25, -0.2) is 4.39 Å². The lowest BCUT2D eigenvalue weighted by atomic mass is 10.1. The van der Waals surface area contributed by atoms with Crippen molar-refractivity contribution in [3.63, 3.8) is 0 Å². The predicted octanol–water partition coefficient (Wildman–Crippen LogP) is 2.76. The highest BCUT2D eigenvalue weighted by Gasteiger charge is 2.11. The van der Waals surface area contributed by atoms with Crippen molar-refractivity contribution in [3.8, 4) is 11.5 Å². The van der Waals surface area contributed by atoms with Gasteiger partial charge in [0, 0.05) is 24.2 Å². The largest absolute Gasteiger partial charge is 0.504 e. The second kappa shape index (κ2) is 5.43. The van der Waals surface area contributed by atoms with Crippen molar-refractivity contribution in [1.82, 2.24) is 0 Å². The molecule has 0 amide bonds. The van der Waals surface area contributed by atoms with E-state index < -0.39 is 10.7 Å². The maximum atomic E-state index is 13.5. The number of benzene rings is 2. The highest BCUT2D eigenvalue weighted by Crippen LogP contribution is 2.29. The van der Waals surface area contributed by atoms with Crippen LogP contribution in [0.2, 0.25) is 0 Å². The number of nitro benzene ring substituents is 1. The summed E-state index contributed by atoms with van der Waals surface area (Å²) in [7, 11) is 0. The normalized spacial score (nSPS) is 10.2. The van der Waals surface area contributed by atoms with Crippen LogP contribution in [0.4, 0.5) is 15.8 Å². The van der Waals surface area contributed by atoms with Crippen molar-refractivity contribution in [2.24, 2.45) is 0 Å². The van der Waals surface area contributed by atoms with Gasteiger partial charge < -0.3 is 15.5 Å². The Hall–Kier alpha value is -2.83. The highest BCUT2D eigenvalue weighted by atomic mass is 19.1. The molecule has 0 atom stereocenters. The van der Waals surface area contributed by atoms with Crippen LogP contribution in [0.15, 0.2) is 36.4 Å². The van der Waals surface area contributed by atoms with Gasteiger partial charge in [-0.15, -0.1) is 0 Å². The van der Waals surface area contributed by atoms with Crippen molar-refractivity contribution in [2.45, 2.75) is 6.54 Å². The predicted molar refractivity (Wildman–Crippen MR) is 70.2 cm³/mol. The number of non-ortho nitro benzene ring substituents is 1. The molecular formula is C13H11FN2O4. The minimum atomic E-state index is -0.643. The fourth-order valence-corrected chi connectivity index (χ4v) is 1.67. The van der Waals surface area contributed by atoms with Gasteiger partial charge in [0.1, 0.15) is 5.82 Å². The molecule has 2 aromatic carbocycles. The second-order valence-corrected chi connectivity index (χ2v) is 4.06. The number of halogens is 1. The first-order valence-corrected chi connectivity index (χ1v) is 5.66. The van der Waals surface area contributed by atoms with Crippen LogP contribution < -0.4 is 5.32 Å². The maximum Gasteiger partial charge on any atom is 0.271 e. The number of rotatable bonds is 4. The van der Waals surface area contributed by atoms with Gasteiger partial charge in [0.05, 0.1) is 10.6 Å².